The molecule has 22 heavy (non-hydrogen) atoms. The molecule has 0 aliphatic heterocycles. The van der Waals surface area contributed by atoms with Crippen molar-refractivity contribution in [2.45, 2.75) is 33.1 Å². The van der Waals surface area contributed by atoms with Gasteiger partial charge in [0.05, 0.1) is 39.6 Å². The molecule has 0 spiro atoms. The van der Waals surface area contributed by atoms with Crippen LogP contribution in [0, 0.1) is 5.92 Å². The van der Waals surface area contributed by atoms with Crippen molar-refractivity contribution in [2.75, 3.05) is 46.2 Å². The van der Waals surface area contributed by atoms with Gasteiger partial charge in [0.15, 0.2) is 0 Å². The zero-order valence-electron chi connectivity index (χ0n) is 13.8. The Kier molecular flexibility index (Phi) is 14.3. The lowest BCUT2D eigenvalue weighted by Gasteiger charge is -2.14. The van der Waals surface area contributed by atoms with Gasteiger partial charge in [0.25, 0.3) is 0 Å². The fraction of sp³-hybridized carbons (Fsp3) is 0.812. The number of esters is 1. The average Bonchev–Trinajstić information content (AvgIpc) is 2.50. The maximum absolute atomic E-state index is 11.5. The van der Waals surface area contributed by atoms with Crippen LogP contribution in [0.5, 0.6) is 0 Å². The lowest BCUT2D eigenvalue weighted by Crippen LogP contribution is -2.16. The van der Waals surface area contributed by atoms with E-state index in [1.165, 1.54) is 0 Å². The Labute approximate surface area is 133 Å². The molecule has 130 valence electrons. The molecule has 6 nitrogen and oxygen atoms in total. The minimum atomic E-state index is -0.428. The second kappa shape index (κ2) is 15.0. The van der Waals surface area contributed by atoms with Crippen molar-refractivity contribution in [3.8, 4) is 0 Å². The average molecular weight is 318 g/mol. The molecule has 0 aliphatic rings. The smallest absolute Gasteiger partial charge is 0.337 e. The van der Waals surface area contributed by atoms with Crippen molar-refractivity contribution in [3.05, 3.63) is 12.3 Å². The van der Waals surface area contributed by atoms with Crippen molar-refractivity contribution in [1.29, 1.82) is 0 Å². The Morgan fingerprint density at radius 3 is 2.09 bits per heavy atom. The van der Waals surface area contributed by atoms with Gasteiger partial charge in [-0.2, -0.15) is 0 Å². The third-order valence-corrected chi connectivity index (χ3v) is 3.13. The van der Waals surface area contributed by atoms with Crippen LogP contribution in [0.25, 0.3) is 0 Å². The van der Waals surface area contributed by atoms with Gasteiger partial charge in [-0.15, -0.1) is 0 Å². The fourth-order valence-electron chi connectivity index (χ4n) is 1.79. The van der Waals surface area contributed by atoms with Crippen LogP contribution in [0.3, 0.4) is 0 Å². The Hall–Kier alpha value is -0.950. The van der Waals surface area contributed by atoms with Gasteiger partial charge in [-0.05, 0) is 5.92 Å². The van der Waals surface area contributed by atoms with Gasteiger partial charge in [0.1, 0.15) is 12.4 Å². The van der Waals surface area contributed by atoms with Gasteiger partial charge in [-0.25, -0.2) is 4.79 Å². The number of aliphatic hydroxyl groups is 1. The molecular formula is C16H30O6. The van der Waals surface area contributed by atoms with E-state index in [1.807, 2.05) is 0 Å². The van der Waals surface area contributed by atoms with Crippen LogP contribution in [-0.4, -0.2) is 57.3 Å². The summed E-state index contributed by atoms with van der Waals surface area (Å²) in [6, 6.07) is 0. The molecule has 0 saturated heterocycles. The Balaban J connectivity index is 3.47. The van der Waals surface area contributed by atoms with Gasteiger partial charge in [0.2, 0.25) is 0 Å². The van der Waals surface area contributed by atoms with Crippen LogP contribution in [0.4, 0.5) is 0 Å². The van der Waals surface area contributed by atoms with Gasteiger partial charge in [-0.3, -0.25) is 0 Å². The molecule has 0 aromatic heterocycles. The quantitative estimate of drug-likeness (QED) is 0.282. The van der Waals surface area contributed by atoms with Gasteiger partial charge in [0, 0.05) is 6.42 Å². The second-order valence-corrected chi connectivity index (χ2v) is 4.90. The minimum absolute atomic E-state index is 0.00771. The highest BCUT2D eigenvalue weighted by atomic mass is 16.6. The summed E-state index contributed by atoms with van der Waals surface area (Å²) in [7, 11) is 0. The molecule has 1 N–H and O–H groups in total. The molecule has 0 unspecified atom stereocenters. The van der Waals surface area contributed by atoms with E-state index in [-0.39, 0.29) is 13.2 Å². The number of hydrogen-bond acceptors (Lipinski definition) is 6. The predicted octanol–water partition coefficient (Wildman–Crippen LogP) is 1.91. The third kappa shape index (κ3) is 12.8. The van der Waals surface area contributed by atoms with E-state index in [2.05, 4.69) is 20.4 Å². The highest BCUT2D eigenvalue weighted by molar-refractivity contribution is 5.71. The first-order valence-corrected chi connectivity index (χ1v) is 7.86. The number of rotatable bonds is 15. The first-order valence-electron chi connectivity index (χ1n) is 7.86. The molecular weight excluding hydrogens is 288 g/mol. The summed E-state index contributed by atoms with van der Waals surface area (Å²) in [6.45, 7) is 9.76. The Bertz CT molecular complexity index is 288. The van der Waals surface area contributed by atoms with Crippen LogP contribution >= 0.6 is 0 Å². The number of carbonyl (C=O) groups is 1. The molecule has 0 radical (unpaired) electrons. The summed E-state index contributed by atoms with van der Waals surface area (Å²) in [5.74, 6) is 0.574. The Morgan fingerprint density at radius 1 is 1.00 bits per heavy atom. The summed E-state index contributed by atoms with van der Waals surface area (Å²) in [4.78, 5) is 11.5. The topological polar surface area (TPSA) is 74.2 Å². The highest BCUT2D eigenvalue weighted by Gasteiger charge is 2.10. The lowest BCUT2D eigenvalue weighted by molar-refractivity contribution is -0.145. The van der Waals surface area contributed by atoms with Crippen molar-refractivity contribution < 1.29 is 28.8 Å². The molecule has 0 bridgehead atoms. The molecule has 0 amide bonds. The van der Waals surface area contributed by atoms with E-state index < -0.39 is 5.97 Å². The summed E-state index contributed by atoms with van der Waals surface area (Å²) in [5, 5.41) is 8.49. The van der Waals surface area contributed by atoms with E-state index >= 15 is 0 Å². The zero-order chi connectivity index (χ0) is 16.6. The maximum atomic E-state index is 11.5. The molecule has 0 aromatic rings. The monoisotopic (exact) mass is 318 g/mol. The molecule has 0 fully saturated rings. The molecule has 6 heteroatoms. The number of ether oxygens (including phenoxy) is 4. The minimum Gasteiger partial charge on any atom is -0.430 e. The summed E-state index contributed by atoms with van der Waals surface area (Å²) < 4.78 is 20.5. The molecule has 0 saturated carbocycles. The first kappa shape index (κ1) is 21.0. The largest absolute Gasteiger partial charge is 0.430 e. The zero-order valence-corrected chi connectivity index (χ0v) is 13.8. The molecule has 0 rings (SSSR count). The van der Waals surface area contributed by atoms with Crippen molar-refractivity contribution in [1.82, 2.24) is 0 Å². The van der Waals surface area contributed by atoms with E-state index in [9.17, 15) is 4.79 Å². The SMILES string of the molecule is C=C(CC(CC)CC)OC(=O)COCCOCCOCCO. The standard InChI is InChI=1S/C16H30O6/c1-4-15(5-2)12-14(3)22-16(18)13-21-11-10-20-9-8-19-7-6-17/h15,17H,3-13H2,1-2H3. The van der Waals surface area contributed by atoms with Crippen LogP contribution in [-0.2, 0) is 23.7 Å². The molecule has 0 heterocycles. The molecule has 0 aromatic carbocycles. The van der Waals surface area contributed by atoms with Crippen molar-refractivity contribution in [3.63, 3.8) is 0 Å². The summed E-state index contributed by atoms with van der Waals surface area (Å²) in [6.07, 6.45) is 2.79. The summed E-state index contributed by atoms with van der Waals surface area (Å²) in [5.41, 5.74) is 0. The van der Waals surface area contributed by atoms with Crippen molar-refractivity contribution >= 4 is 5.97 Å². The maximum Gasteiger partial charge on any atom is 0.337 e. The van der Waals surface area contributed by atoms with E-state index in [4.69, 9.17) is 24.1 Å². The number of aliphatic hydroxyl groups excluding tert-OH is 1. The van der Waals surface area contributed by atoms with Gasteiger partial charge in [-0.1, -0.05) is 33.3 Å². The van der Waals surface area contributed by atoms with Crippen molar-refractivity contribution in [2.24, 2.45) is 5.92 Å². The van der Waals surface area contributed by atoms with Crippen LogP contribution in [0.2, 0.25) is 0 Å². The molecule has 0 aliphatic carbocycles. The highest BCUT2D eigenvalue weighted by Crippen LogP contribution is 2.18. The number of carbonyl (C=O) groups excluding carboxylic acids is 1. The van der Waals surface area contributed by atoms with Crippen LogP contribution in [0.1, 0.15) is 33.1 Å². The predicted molar refractivity (Wildman–Crippen MR) is 83.5 cm³/mol. The Morgan fingerprint density at radius 2 is 1.55 bits per heavy atom. The normalized spacial score (nSPS) is 10.9. The van der Waals surface area contributed by atoms with Gasteiger partial charge >= 0.3 is 5.97 Å². The van der Waals surface area contributed by atoms with E-state index in [0.29, 0.717) is 51.1 Å². The molecule has 0 atom stereocenters. The first-order chi connectivity index (χ1) is 10.6. The number of hydrogen-bond donors (Lipinski definition) is 1. The second-order valence-electron chi connectivity index (χ2n) is 4.90. The number of allylic oxidation sites excluding steroid dienone is 1. The van der Waals surface area contributed by atoms with E-state index in [0.717, 1.165) is 12.8 Å². The van der Waals surface area contributed by atoms with Crippen LogP contribution in [0.15, 0.2) is 12.3 Å². The lowest BCUT2D eigenvalue weighted by atomic mass is 9.99. The summed E-state index contributed by atoms with van der Waals surface area (Å²) >= 11 is 0. The third-order valence-electron chi connectivity index (χ3n) is 3.13. The van der Waals surface area contributed by atoms with Crippen LogP contribution < -0.4 is 0 Å². The fourth-order valence-corrected chi connectivity index (χ4v) is 1.79. The van der Waals surface area contributed by atoms with E-state index in [1.54, 1.807) is 0 Å². The van der Waals surface area contributed by atoms with Gasteiger partial charge < -0.3 is 24.1 Å².